The van der Waals surface area contributed by atoms with Crippen LogP contribution in [-0.2, 0) is 25.7 Å². The molecule has 0 saturated carbocycles. The van der Waals surface area contributed by atoms with Crippen LogP contribution in [0.25, 0.3) is 0 Å². The van der Waals surface area contributed by atoms with Gasteiger partial charge in [-0.2, -0.15) is 0 Å². The van der Waals surface area contributed by atoms with Gasteiger partial charge in [0, 0.05) is 31.1 Å². The van der Waals surface area contributed by atoms with Crippen LogP contribution in [0.5, 0.6) is 0 Å². The average molecular weight is 552 g/mol. The Morgan fingerprint density at radius 2 is 1.62 bits per heavy atom. The number of nitrogens with two attached hydrogens (primary N) is 2. The van der Waals surface area contributed by atoms with Crippen LogP contribution >= 0.6 is 0 Å². The van der Waals surface area contributed by atoms with E-state index in [0.717, 1.165) is 5.56 Å². The summed E-state index contributed by atoms with van der Waals surface area (Å²) in [6.45, 7) is 6.04. The Bertz CT molecular complexity index is 1170. The third kappa shape index (κ3) is 8.20. The summed E-state index contributed by atoms with van der Waals surface area (Å²) in [6.07, 6.45) is -1.18. The zero-order valence-corrected chi connectivity index (χ0v) is 23.4. The van der Waals surface area contributed by atoms with E-state index in [1.165, 1.54) is 4.90 Å². The molecule has 0 radical (unpaired) electrons. The second-order valence-electron chi connectivity index (χ2n) is 11.3. The molecule has 0 aliphatic carbocycles. The molecule has 2 aromatic carbocycles. The number of aliphatic hydroxyl groups is 1. The second kappa shape index (κ2) is 13.6. The molecule has 0 aromatic heterocycles. The number of benzene rings is 2. The summed E-state index contributed by atoms with van der Waals surface area (Å²) in [7, 11) is 0. The Labute approximate surface area is 235 Å². The number of amides is 3. The number of carbonyl (C=O) groups is 4. The monoisotopic (exact) mass is 551 g/mol. The van der Waals surface area contributed by atoms with Crippen molar-refractivity contribution in [2.45, 2.75) is 76.3 Å². The van der Waals surface area contributed by atoms with Gasteiger partial charge < -0.3 is 32.1 Å². The fraction of sp³-hybridized carbons (Fsp3) is 0.467. The van der Waals surface area contributed by atoms with E-state index in [9.17, 15) is 24.3 Å². The third-order valence-corrected chi connectivity index (χ3v) is 6.97. The van der Waals surface area contributed by atoms with Gasteiger partial charge in [0.1, 0.15) is 12.1 Å². The Hall–Kier alpha value is -3.60. The molecule has 1 fully saturated rings. The van der Waals surface area contributed by atoms with Crippen molar-refractivity contribution in [1.82, 2.24) is 15.5 Å². The van der Waals surface area contributed by atoms with Gasteiger partial charge in [0.2, 0.25) is 11.8 Å². The predicted molar refractivity (Wildman–Crippen MR) is 151 cm³/mol. The van der Waals surface area contributed by atoms with Gasteiger partial charge >= 0.3 is 0 Å². The molecule has 10 heteroatoms. The number of likely N-dealkylation sites (tertiary alicyclic amines) is 1. The highest BCUT2D eigenvalue weighted by Gasteiger charge is 2.45. The number of carbonyl (C=O) groups excluding carboxylic acids is 4. The maximum absolute atomic E-state index is 14.0. The van der Waals surface area contributed by atoms with Crippen LogP contribution in [0.3, 0.4) is 0 Å². The predicted octanol–water partition coefficient (Wildman–Crippen LogP) is 1.17. The summed E-state index contributed by atoms with van der Waals surface area (Å²) in [5.41, 5.74) is 12.9. The van der Waals surface area contributed by atoms with E-state index < -0.39 is 53.3 Å². The SMILES string of the molecule is CC(C)(C)NC(=O)[C@@H]1CCCN1C(=O)[C@@H](O)[C@@H](C(=O)[C@H](CC(N)=O)NCc1ccccc1)C(N)c1ccccc1. The Balaban J connectivity index is 1.92. The van der Waals surface area contributed by atoms with Crippen LogP contribution in [-0.4, -0.2) is 63.8 Å². The number of nitrogens with zero attached hydrogens (tertiary/aromatic N) is 1. The molecule has 1 aliphatic rings. The topological polar surface area (TPSA) is 168 Å². The van der Waals surface area contributed by atoms with Crippen molar-refractivity contribution in [3.8, 4) is 0 Å². The molecule has 7 N–H and O–H groups in total. The first-order chi connectivity index (χ1) is 18.9. The van der Waals surface area contributed by atoms with E-state index in [-0.39, 0.29) is 25.4 Å². The minimum Gasteiger partial charge on any atom is -0.382 e. The highest BCUT2D eigenvalue weighted by atomic mass is 16.3. The molecule has 0 spiro atoms. The van der Waals surface area contributed by atoms with E-state index >= 15 is 0 Å². The summed E-state index contributed by atoms with van der Waals surface area (Å²) in [5.74, 6) is -3.81. The van der Waals surface area contributed by atoms with Crippen molar-refractivity contribution >= 4 is 23.5 Å². The number of aliphatic hydroxyl groups excluding tert-OH is 1. The van der Waals surface area contributed by atoms with Crippen molar-refractivity contribution in [2.75, 3.05) is 6.54 Å². The number of rotatable bonds is 12. The van der Waals surface area contributed by atoms with Gasteiger partial charge in [-0.05, 0) is 44.7 Å². The van der Waals surface area contributed by atoms with Crippen LogP contribution in [0.4, 0.5) is 0 Å². The van der Waals surface area contributed by atoms with Crippen LogP contribution in [0.15, 0.2) is 60.7 Å². The smallest absolute Gasteiger partial charge is 0.252 e. The van der Waals surface area contributed by atoms with E-state index in [1.807, 2.05) is 51.1 Å². The van der Waals surface area contributed by atoms with Gasteiger partial charge in [-0.25, -0.2) is 0 Å². The maximum Gasteiger partial charge on any atom is 0.252 e. The first-order valence-corrected chi connectivity index (χ1v) is 13.6. The van der Waals surface area contributed by atoms with E-state index in [4.69, 9.17) is 11.5 Å². The molecule has 1 aliphatic heterocycles. The lowest BCUT2D eigenvalue weighted by Crippen LogP contribution is -2.56. The fourth-order valence-corrected chi connectivity index (χ4v) is 5.03. The van der Waals surface area contributed by atoms with Crippen molar-refractivity contribution in [3.63, 3.8) is 0 Å². The van der Waals surface area contributed by atoms with Gasteiger partial charge in [0.15, 0.2) is 5.78 Å². The summed E-state index contributed by atoms with van der Waals surface area (Å²) in [5, 5.41) is 17.4. The molecule has 1 saturated heterocycles. The number of nitrogens with one attached hydrogen (secondary N) is 2. The van der Waals surface area contributed by atoms with E-state index in [1.54, 1.807) is 30.3 Å². The number of primary amides is 1. The number of ketones is 1. The van der Waals surface area contributed by atoms with E-state index in [2.05, 4.69) is 10.6 Å². The fourth-order valence-electron chi connectivity index (χ4n) is 5.03. The Kier molecular flexibility index (Phi) is 10.6. The lowest BCUT2D eigenvalue weighted by atomic mass is 9.81. The highest BCUT2D eigenvalue weighted by Crippen LogP contribution is 2.29. The highest BCUT2D eigenvalue weighted by molar-refractivity contribution is 5.97. The normalized spacial score (nSPS) is 18.4. The van der Waals surface area contributed by atoms with Gasteiger partial charge in [0.25, 0.3) is 5.91 Å². The molecule has 40 heavy (non-hydrogen) atoms. The first kappa shape index (κ1) is 30.9. The van der Waals surface area contributed by atoms with Gasteiger partial charge in [-0.3, -0.25) is 19.2 Å². The van der Waals surface area contributed by atoms with Crippen molar-refractivity contribution in [1.29, 1.82) is 0 Å². The summed E-state index contributed by atoms with van der Waals surface area (Å²) >= 11 is 0. The number of Topliss-reactive ketones (excluding diaryl/α,β-unsaturated/α-hetero) is 1. The van der Waals surface area contributed by atoms with E-state index in [0.29, 0.717) is 18.4 Å². The molecule has 10 nitrogen and oxygen atoms in total. The van der Waals surface area contributed by atoms with Crippen LogP contribution in [0.1, 0.15) is 57.2 Å². The first-order valence-electron chi connectivity index (χ1n) is 13.6. The molecule has 2 aromatic rings. The van der Waals surface area contributed by atoms with Crippen molar-refractivity contribution in [2.24, 2.45) is 17.4 Å². The molecule has 3 rings (SSSR count). The lowest BCUT2D eigenvalue weighted by Gasteiger charge is -2.34. The number of hydrogen-bond acceptors (Lipinski definition) is 7. The third-order valence-electron chi connectivity index (χ3n) is 6.97. The van der Waals surface area contributed by atoms with Crippen LogP contribution in [0, 0.1) is 5.92 Å². The largest absolute Gasteiger partial charge is 0.382 e. The van der Waals surface area contributed by atoms with Crippen LogP contribution < -0.4 is 22.1 Å². The van der Waals surface area contributed by atoms with Gasteiger partial charge in [0.05, 0.1) is 12.0 Å². The molecule has 5 atom stereocenters. The summed E-state index contributed by atoms with van der Waals surface area (Å²) in [4.78, 5) is 54.0. The van der Waals surface area contributed by atoms with Gasteiger partial charge in [-0.1, -0.05) is 60.7 Å². The lowest BCUT2D eigenvalue weighted by molar-refractivity contribution is -0.152. The van der Waals surface area contributed by atoms with Crippen molar-refractivity contribution in [3.05, 3.63) is 71.8 Å². The second-order valence-corrected chi connectivity index (χ2v) is 11.3. The maximum atomic E-state index is 14.0. The molecule has 216 valence electrons. The number of hydrogen-bond donors (Lipinski definition) is 5. The quantitative estimate of drug-likeness (QED) is 0.264. The van der Waals surface area contributed by atoms with Crippen molar-refractivity contribution < 1.29 is 24.3 Å². The Morgan fingerprint density at radius 3 is 2.20 bits per heavy atom. The molecular weight excluding hydrogens is 510 g/mol. The Morgan fingerprint density at radius 1 is 1.02 bits per heavy atom. The molecule has 1 heterocycles. The molecule has 3 amide bonds. The molecule has 0 bridgehead atoms. The zero-order valence-electron chi connectivity index (χ0n) is 23.4. The van der Waals surface area contributed by atoms with Gasteiger partial charge in [-0.15, -0.1) is 0 Å². The summed E-state index contributed by atoms with van der Waals surface area (Å²) < 4.78 is 0. The molecular formula is C30H41N5O5. The van der Waals surface area contributed by atoms with Crippen LogP contribution in [0.2, 0.25) is 0 Å². The minimum atomic E-state index is -1.85. The zero-order chi connectivity index (χ0) is 29.4. The standard InChI is InChI=1S/C30H41N5O5/c1-30(2,3)34-28(39)22-15-10-16-35(22)29(40)27(38)24(25(32)20-13-8-5-9-14-20)26(37)21(17-23(31)36)33-18-19-11-6-4-7-12-19/h4-9,11-14,21-22,24-25,27,33,38H,10,15-18,32H2,1-3H3,(H2,31,36)(H,34,39)/t21-,22-,24+,25?,27-/m0/s1. The minimum absolute atomic E-state index is 0.253. The molecule has 1 unspecified atom stereocenters. The average Bonchev–Trinajstić information content (AvgIpc) is 3.41. The summed E-state index contributed by atoms with van der Waals surface area (Å²) in [6, 6.07) is 15.0.